The van der Waals surface area contributed by atoms with Crippen molar-refractivity contribution in [1.82, 2.24) is 9.71 Å². The van der Waals surface area contributed by atoms with Gasteiger partial charge in [0.15, 0.2) is 0 Å². The monoisotopic (exact) mass is 285 g/mol. The van der Waals surface area contributed by atoms with Crippen LogP contribution in [0.2, 0.25) is 0 Å². The van der Waals surface area contributed by atoms with E-state index in [1.54, 1.807) is 19.2 Å². The molecule has 0 radical (unpaired) electrons. The average Bonchev–Trinajstić information content (AvgIpc) is 2.47. The second-order valence-corrected chi connectivity index (χ2v) is 6.37. The summed E-state index contributed by atoms with van der Waals surface area (Å²) in [5.41, 5.74) is 0. The summed E-state index contributed by atoms with van der Waals surface area (Å²) in [5.74, 6) is 0.810. The van der Waals surface area contributed by atoms with E-state index in [9.17, 15) is 8.42 Å². The second kappa shape index (κ2) is 5.85. The highest BCUT2D eigenvalue weighted by atomic mass is 32.2. The Balaban J connectivity index is 2.07. The van der Waals surface area contributed by atoms with Crippen molar-refractivity contribution in [2.75, 3.05) is 32.1 Å². The minimum absolute atomic E-state index is 0.186. The molecule has 1 aromatic rings. The Morgan fingerprint density at radius 3 is 2.53 bits per heavy atom. The molecule has 0 unspecified atom stereocenters. The SMILES string of the molecule is CNS(=O)(=O)c1ccc(N2CCC(OC)CC2)nc1. The van der Waals surface area contributed by atoms with Gasteiger partial charge in [-0.2, -0.15) is 0 Å². The van der Waals surface area contributed by atoms with Crippen LogP contribution in [0.3, 0.4) is 0 Å². The van der Waals surface area contributed by atoms with Crippen molar-refractivity contribution in [1.29, 1.82) is 0 Å². The minimum atomic E-state index is -3.41. The van der Waals surface area contributed by atoms with Gasteiger partial charge in [0.1, 0.15) is 10.7 Å². The molecule has 1 aliphatic heterocycles. The summed E-state index contributed by atoms with van der Waals surface area (Å²) in [6.07, 6.45) is 3.65. The van der Waals surface area contributed by atoms with Crippen LogP contribution in [-0.4, -0.2) is 46.8 Å². The summed E-state index contributed by atoms with van der Waals surface area (Å²) in [6.45, 7) is 1.76. The van der Waals surface area contributed by atoms with Gasteiger partial charge in [-0.3, -0.25) is 0 Å². The molecule has 0 aromatic carbocycles. The van der Waals surface area contributed by atoms with E-state index < -0.39 is 10.0 Å². The number of nitrogens with zero attached hydrogens (tertiary/aromatic N) is 2. The van der Waals surface area contributed by atoms with Crippen LogP contribution in [0.15, 0.2) is 23.2 Å². The zero-order valence-corrected chi connectivity index (χ0v) is 12.0. The third-order valence-electron chi connectivity index (χ3n) is 3.40. The number of ether oxygens (including phenoxy) is 1. The standard InChI is InChI=1S/C12H19N3O3S/c1-13-19(16,17)11-3-4-12(14-9-11)15-7-5-10(18-2)6-8-15/h3-4,9-10,13H,5-8H2,1-2H3. The molecule has 2 heterocycles. The number of piperidine rings is 1. The maximum absolute atomic E-state index is 11.6. The summed E-state index contributed by atoms with van der Waals surface area (Å²) in [6, 6.07) is 3.33. The number of rotatable bonds is 4. The molecule has 1 aromatic heterocycles. The maximum atomic E-state index is 11.6. The lowest BCUT2D eigenvalue weighted by atomic mass is 10.1. The maximum Gasteiger partial charge on any atom is 0.241 e. The molecule has 0 aliphatic carbocycles. The fourth-order valence-corrected chi connectivity index (χ4v) is 2.83. The van der Waals surface area contributed by atoms with E-state index in [-0.39, 0.29) is 4.90 Å². The highest BCUT2D eigenvalue weighted by Gasteiger charge is 2.20. The fraction of sp³-hybridized carbons (Fsp3) is 0.583. The third-order valence-corrected chi connectivity index (χ3v) is 4.80. The van der Waals surface area contributed by atoms with E-state index in [1.807, 2.05) is 0 Å². The van der Waals surface area contributed by atoms with Crippen molar-refractivity contribution >= 4 is 15.8 Å². The van der Waals surface area contributed by atoms with Gasteiger partial charge in [-0.1, -0.05) is 0 Å². The lowest BCUT2D eigenvalue weighted by molar-refractivity contribution is 0.0818. The van der Waals surface area contributed by atoms with Gasteiger partial charge in [0.25, 0.3) is 0 Å². The molecule has 0 bridgehead atoms. The first-order valence-electron chi connectivity index (χ1n) is 6.24. The molecule has 0 saturated carbocycles. The van der Waals surface area contributed by atoms with Crippen molar-refractivity contribution in [3.05, 3.63) is 18.3 Å². The number of methoxy groups -OCH3 is 1. The number of anilines is 1. The molecule has 7 heteroatoms. The summed E-state index contributed by atoms with van der Waals surface area (Å²) in [5, 5.41) is 0. The van der Waals surface area contributed by atoms with Crippen LogP contribution in [0.4, 0.5) is 5.82 Å². The van der Waals surface area contributed by atoms with Crippen LogP contribution in [-0.2, 0) is 14.8 Å². The van der Waals surface area contributed by atoms with Gasteiger partial charge in [0.05, 0.1) is 6.10 Å². The number of sulfonamides is 1. The quantitative estimate of drug-likeness (QED) is 0.877. The first-order valence-corrected chi connectivity index (χ1v) is 7.72. The van der Waals surface area contributed by atoms with Gasteiger partial charge in [-0.15, -0.1) is 0 Å². The van der Waals surface area contributed by atoms with Crippen molar-refractivity contribution in [3.8, 4) is 0 Å². The van der Waals surface area contributed by atoms with E-state index in [2.05, 4.69) is 14.6 Å². The number of pyridine rings is 1. The highest BCUT2D eigenvalue weighted by Crippen LogP contribution is 2.20. The van der Waals surface area contributed by atoms with Crippen LogP contribution in [0.25, 0.3) is 0 Å². The molecule has 19 heavy (non-hydrogen) atoms. The Morgan fingerprint density at radius 2 is 2.05 bits per heavy atom. The van der Waals surface area contributed by atoms with E-state index in [0.29, 0.717) is 6.10 Å². The molecule has 0 atom stereocenters. The fourth-order valence-electron chi connectivity index (χ4n) is 2.16. The predicted octanol–water partition coefficient (Wildman–Crippen LogP) is 0.605. The second-order valence-electron chi connectivity index (χ2n) is 4.48. The van der Waals surface area contributed by atoms with E-state index in [1.165, 1.54) is 13.2 Å². The topological polar surface area (TPSA) is 71.5 Å². The smallest absolute Gasteiger partial charge is 0.241 e. The van der Waals surface area contributed by atoms with Crippen molar-refractivity contribution in [2.24, 2.45) is 0 Å². The summed E-state index contributed by atoms with van der Waals surface area (Å²) < 4.78 is 30.8. The van der Waals surface area contributed by atoms with Crippen LogP contribution in [0.1, 0.15) is 12.8 Å². The van der Waals surface area contributed by atoms with Gasteiger partial charge < -0.3 is 9.64 Å². The molecular weight excluding hydrogens is 266 g/mol. The van der Waals surface area contributed by atoms with Crippen molar-refractivity contribution in [2.45, 2.75) is 23.8 Å². The van der Waals surface area contributed by atoms with Gasteiger partial charge in [0.2, 0.25) is 10.0 Å². The third kappa shape index (κ3) is 3.23. The van der Waals surface area contributed by atoms with Gasteiger partial charge >= 0.3 is 0 Å². The Kier molecular flexibility index (Phi) is 4.38. The first-order chi connectivity index (χ1) is 9.06. The highest BCUT2D eigenvalue weighted by molar-refractivity contribution is 7.89. The largest absolute Gasteiger partial charge is 0.381 e. The molecule has 0 amide bonds. The Labute approximate surface area is 113 Å². The van der Waals surface area contributed by atoms with Crippen LogP contribution in [0.5, 0.6) is 0 Å². The zero-order valence-electron chi connectivity index (χ0n) is 11.2. The van der Waals surface area contributed by atoms with Gasteiger partial charge in [0, 0.05) is 26.4 Å². The predicted molar refractivity (Wildman–Crippen MR) is 72.7 cm³/mol. The van der Waals surface area contributed by atoms with Crippen LogP contribution in [0, 0.1) is 0 Å². The molecule has 1 aliphatic rings. The number of hydrogen-bond acceptors (Lipinski definition) is 5. The number of hydrogen-bond donors (Lipinski definition) is 1. The summed E-state index contributed by atoms with van der Waals surface area (Å²) in [7, 11) is -0.290. The Bertz CT molecular complexity index is 508. The first kappa shape index (κ1) is 14.2. The van der Waals surface area contributed by atoms with Crippen molar-refractivity contribution < 1.29 is 13.2 Å². The normalized spacial score (nSPS) is 17.7. The van der Waals surface area contributed by atoms with E-state index in [0.717, 1.165) is 31.7 Å². The molecule has 0 spiro atoms. The van der Waals surface area contributed by atoms with E-state index in [4.69, 9.17) is 4.74 Å². The average molecular weight is 285 g/mol. The number of aromatic nitrogens is 1. The number of nitrogens with one attached hydrogen (secondary N) is 1. The van der Waals surface area contributed by atoms with Gasteiger partial charge in [-0.05, 0) is 32.0 Å². The van der Waals surface area contributed by atoms with Crippen LogP contribution >= 0.6 is 0 Å². The molecule has 1 N–H and O–H groups in total. The van der Waals surface area contributed by atoms with Crippen LogP contribution < -0.4 is 9.62 Å². The lowest BCUT2D eigenvalue weighted by Crippen LogP contribution is -2.37. The zero-order chi connectivity index (χ0) is 13.9. The summed E-state index contributed by atoms with van der Waals surface area (Å²) >= 11 is 0. The summed E-state index contributed by atoms with van der Waals surface area (Å²) in [4.78, 5) is 6.56. The van der Waals surface area contributed by atoms with Crippen molar-refractivity contribution in [3.63, 3.8) is 0 Å². The lowest BCUT2D eigenvalue weighted by Gasteiger charge is -2.32. The Hall–Kier alpha value is -1.18. The molecule has 1 fully saturated rings. The molecule has 106 valence electrons. The van der Waals surface area contributed by atoms with Gasteiger partial charge in [-0.25, -0.2) is 18.1 Å². The molecular formula is C12H19N3O3S. The molecule has 6 nitrogen and oxygen atoms in total. The molecule has 2 rings (SSSR count). The van der Waals surface area contributed by atoms with E-state index >= 15 is 0 Å². The molecule has 1 saturated heterocycles. The Morgan fingerprint density at radius 1 is 1.37 bits per heavy atom. The minimum Gasteiger partial charge on any atom is -0.381 e.